The summed E-state index contributed by atoms with van der Waals surface area (Å²) in [6.45, 7) is -1.03. The van der Waals surface area contributed by atoms with E-state index >= 15 is 0 Å². The predicted octanol–water partition coefficient (Wildman–Crippen LogP) is 2.08. The lowest BCUT2D eigenvalue weighted by Crippen LogP contribution is -2.11. The van der Waals surface area contributed by atoms with Crippen LogP contribution in [0.15, 0.2) is 36.4 Å². The molecule has 0 aliphatic heterocycles. The van der Waals surface area contributed by atoms with Crippen LogP contribution in [0.5, 0.6) is 11.5 Å². The molecule has 0 radical (unpaired) electrons. The first-order valence-electron chi connectivity index (χ1n) is 7.60. The van der Waals surface area contributed by atoms with Crippen LogP contribution in [0.25, 0.3) is 21.5 Å². The standard InChI is InChI=1S/C18H16N2O6/c19-13-2-1-9-5-11-12(6-10(9)18(13)20)15(26-8-17(23)24)4-3-14(11)25-7-16(21)22/h1-6H,7-8,19-20H2,(H,21,22)(H,23,24). The van der Waals surface area contributed by atoms with E-state index in [0.29, 0.717) is 39.0 Å². The van der Waals surface area contributed by atoms with Gasteiger partial charge in [-0.1, -0.05) is 6.07 Å². The van der Waals surface area contributed by atoms with Gasteiger partial charge in [0.15, 0.2) is 13.2 Å². The van der Waals surface area contributed by atoms with Crippen molar-refractivity contribution in [1.82, 2.24) is 0 Å². The number of aliphatic carboxylic acids is 2. The Hall–Kier alpha value is -3.68. The van der Waals surface area contributed by atoms with E-state index in [-0.39, 0.29) is 0 Å². The molecular formula is C18H16N2O6. The molecule has 0 aliphatic rings. The Morgan fingerprint density at radius 2 is 1.35 bits per heavy atom. The van der Waals surface area contributed by atoms with E-state index in [2.05, 4.69) is 0 Å². The van der Waals surface area contributed by atoms with Crippen LogP contribution >= 0.6 is 0 Å². The topological polar surface area (TPSA) is 145 Å². The van der Waals surface area contributed by atoms with Gasteiger partial charge in [0.2, 0.25) is 0 Å². The third-order valence-electron chi connectivity index (χ3n) is 3.85. The number of ether oxygens (including phenoxy) is 2. The minimum Gasteiger partial charge on any atom is -0.481 e. The van der Waals surface area contributed by atoms with Gasteiger partial charge in [-0.15, -0.1) is 0 Å². The molecular weight excluding hydrogens is 340 g/mol. The zero-order valence-electron chi connectivity index (χ0n) is 13.6. The number of hydrogen-bond donors (Lipinski definition) is 4. The SMILES string of the molecule is Nc1ccc2cc3c(OCC(=O)O)ccc(OCC(=O)O)c3cc2c1N. The first-order valence-corrected chi connectivity index (χ1v) is 7.60. The molecule has 0 fully saturated rings. The summed E-state index contributed by atoms with van der Waals surface area (Å²) in [6.07, 6.45) is 0. The van der Waals surface area contributed by atoms with Crippen molar-refractivity contribution in [3.63, 3.8) is 0 Å². The lowest BCUT2D eigenvalue weighted by Gasteiger charge is -2.14. The second kappa shape index (κ2) is 6.67. The van der Waals surface area contributed by atoms with E-state index in [1.807, 2.05) is 0 Å². The minimum absolute atomic E-state index is 0.314. The van der Waals surface area contributed by atoms with Crippen molar-refractivity contribution in [3.05, 3.63) is 36.4 Å². The van der Waals surface area contributed by atoms with Gasteiger partial charge >= 0.3 is 11.9 Å². The van der Waals surface area contributed by atoms with E-state index in [4.69, 9.17) is 31.2 Å². The summed E-state index contributed by atoms with van der Waals surface area (Å²) >= 11 is 0. The minimum atomic E-state index is -1.12. The fraction of sp³-hybridized carbons (Fsp3) is 0.111. The largest absolute Gasteiger partial charge is 0.481 e. The molecule has 0 aromatic heterocycles. The molecule has 0 amide bonds. The van der Waals surface area contributed by atoms with E-state index in [1.165, 1.54) is 12.1 Å². The smallest absolute Gasteiger partial charge is 0.341 e. The number of fused-ring (bicyclic) bond motifs is 2. The Morgan fingerprint density at radius 3 is 1.88 bits per heavy atom. The van der Waals surface area contributed by atoms with Crippen molar-refractivity contribution in [1.29, 1.82) is 0 Å². The third-order valence-corrected chi connectivity index (χ3v) is 3.85. The molecule has 6 N–H and O–H groups in total. The van der Waals surface area contributed by atoms with Gasteiger partial charge in [0.05, 0.1) is 11.4 Å². The van der Waals surface area contributed by atoms with Gasteiger partial charge in [-0.25, -0.2) is 9.59 Å². The van der Waals surface area contributed by atoms with Gasteiger partial charge in [0, 0.05) is 16.2 Å². The maximum absolute atomic E-state index is 10.8. The van der Waals surface area contributed by atoms with Crippen LogP contribution in [0.3, 0.4) is 0 Å². The summed E-state index contributed by atoms with van der Waals surface area (Å²) < 4.78 is 10.7. The predicted molar refractivity (Wildman–Crippen MR) is 96.5 cm³/mol. The average Bonchev–Trinajstić information content (AvgIpc) is 2.60. The first kappa shape index (κ1) is 17.2. The molecule has 3 rings (SSSR count). The van der Waals surface area contributed by atoms with Crippen LogP contribution in [0.1, 0.15) is 0 Å². The van der Waals surface area contributed by atoms with Gasteiger partial charge in [-0.05, 0) is 35.7 Å². The number of carbonyl (C=O) groups is 2. The number of hydrogen-bond acceptors (Lipinski definition) is 6. The molecule has 0 aliphatic carbocycles. The molecule has 26 heavy (non-hydrogen) atoms. The van der Waals surface area contributed by atoms with E-state index < -0.39 is 25.2 Å². The van der Waals surface area contributed by atoms with Crippen molar-refractivity contribution in [2.45, 2.75) is 0 Å². The van der Waals surface area contributed by atoms with Crippen LogP contribution in [-0.2, 0) is 9.59 Å². The van der Waals surface area contributed by atoms with Crippen LogP contribution in [0, 0.1) is 0 Å². The van der Waals surface area contributed by atoms with Crippen molar-refractivity contribution < 1.29 is 29.3 Å². The number of anilines is 2. The fourth-order valence-electron chi connectivity index (χ4n) is 2.68. The number of carboxylic acids is 2. The van der Waals surface area contributed by atoms with E-state index in [0.717, 1.165) is 5.39 Å². The first-order chi connectivity index (χ1) is 12.4. The van der Waals surface area contributed by atoms with Crippen molar-refractivity contribution in [2.24, 2.45) is 0 Å². The Labute approximate surface area is 147 Å². The van der Waals surface area contributed by atoms with Crippen LogP contribution in [-0.4, -0.2) is 35.4 Å². The van der Waals surface area contributed by atoms with Gasteiger partial charge in [0.25, 0.3) is 0 Å². The fourth-order valence-corrected chi connectivity index (χ4v) is 2.68. The summed E-state index contributed by atoms with van der Waals surface area (Å²) in [6, 6.07) is 10.0. The lowest BCUT2D eigenvalue weighted by molar-refractivity contribution is -0.140. The maximum Gasteiger partial charge on any atom is 0.341 e. The molecule has 0 bridgehead atoms. The maximum atomic E-state index is 10.8. The highest BCUT2D eigenvalue weighted by molar-refractivity contribution is 6.09. The second-order valence-electron chi connectivity index (χ2n) is 5.61. The highest BCUT2D eigenvalue weighted by Crippen LogP contribution is 2.38. The Balaban J connectivity index is 2.23. The van der Waals surface area contributed by atoms with E-state index in [1.54, 1.807) is 24.3 Å². The summed E-state index contributed by atoms with van der Waals surface area (Å²) in [5, 5.41) is 20.3. The number of nitrogens with two attached hydrogens (primary N) is 2. The monoisotopic (exact) mass is 356 g/mol. The molecule has 0 unspecified atom stereocenters. The molecule has 0 saturated heterocycles. The molecule has 0 spiro atoms. The quantitative estimate of drug-likeness (QED) is 0.388. The number of carboxylic acid groups (broad SMARTS) is 2. The Bertz CT molecular complexity index is 1030. The average molecular weight is 356 g/mol. The van der Waals surface area contributed by atoms with Crippen molar-refractivity contribution in [2.75, 3.05) is 24.7 Å². The number of nitrogen functional groups attached to an aromatic ring is 2. The number of rotatable bonds is 6. The van der Waals surface area contributed by atoms with Crippen LogP contribution in [0.4, 0.5) is 11.4 Å². The summed E-state index contributed by atoms with van der Waals surface area (Å²) in [4.78, 5) is 21.6. The van der Waals surface area contributed by atoms with Crippen molar-refractivity contribution in [3.8, 4) is 11.5 Å². The molecule has 3 aromatic rings. The van der Waals surface area contributed by atoms with Crippen LogP contribution < -0.4 is 20.9 Å². The van der Waals surface area contributed by atoms with Crippen LogP contribution in [0.2, 0.25) is 0 Å². The second-order valence-corrected chi connectivity index (χ2v) is 5.61. The lowest BCUT2D eigenvalue weighted by atomic mass is 10.0. The van der Waals surface area contributed by atoms with E-state index in [9.17, 15) is 9.59 Å². The molecule has 3 aromatic carbocycles. The zero-order chi connectivity index (χ0) is 18.8. The highest BCUT2D eigenvalue weighted by Gasteiger charge is 2.13. The van der Waals surface area contributed by atoms with Crippen molar-refractivity contribution >= 4 is 44.9 Å². The zero-order valence-corrected chi connectivity index (χ0v) is 13.6. The molecule has 134 valence electrons. The normalized spacial score (nSPS) is 10.8. The molecule has 8 nitrogen and oxygen atoms in total. The highest BCUT2D eigenvalue weighted by atomic mass is 16.5. The molecule has 0 heterocycles. The summed E-state index contributed by atoms with van der Waals surface area (Å²) in [5.74, 6) is -1.58. The Morgan fingerprint density at radius 1 is 0.808 bits per heavy atom. The summed E-state index contributed by atoms with van der Waals surface area (Å²) in [7, 11) is 0. The third kappa shape index (κ3) is 3.25. The van der Waals surface area contributed by atoms with Gasteiger partial charge in [0.1, 0.15) is 11.5 Å². The molecule has 0 atom stereocenters. The molecule has 0 saturated carbocycles. The van der Waals surface area contributed by atoms with Gasteiger partial charge in [-0.3, -0.25) is 0 Å². The van der Waals surface area contributed by atoms with Gasteiger partial charge < -0.3 is 31.2 Å². The Kier molecular flexibility index (Phi) is 4.40. The summed E-state index contributed by atoms with van der Waals surface area (Å²) in [5.41, 5.74) is 12.7. The number of benzene rings is 3. The van der Waals surface area contributed by atoms with Gasteiger partial charge in [-0.2, -0.15) is 0 Å². The molecule has 8 heteroatoms.